The fourth-order valence-electron chi connectivity index (χ4n) is 3.51. The van der Waals surface area contributed by atoms with Gasteiger partial charge in [-0.05, 0) is 25.8 Å². The number of rotatable bonds is 16. The fourth-order valence-corrected chi connectivity index (χ4v) is 3.51. The van der Waals surface area contributed by atoms with Crippen LogP contribution in [0.25, 0.3) is 0 Å². The Balaban J connectivity index is 0.000000683. The lowest BCUT2D eigenvalue weighted by Crippen LogP contribution is -2.35. The lowest BCUT2D eigenvalue weighted by atomic mass is 10.0. The van der Waals surface area contributed by atoms with Gasteiger partial charge in [-0.15, -0.1) is 5.75 Å². The van der Waals surface area contributed by atoms with E-state index in [0.29, 0.717) is 5.56 Å². The van der Waals surface area contributed by atoms with Gasteiger partial charge >= 0.3 is 5.97 Å². The summed E-state index contributed by atoms with van der Waals surface area (Å²) in [6, 6.07) is 4.04. The smallest absolute Gasteiger partial charge is 0.335 e. The largest absolute Gasteiger partial charge is 0.872 e. The average Bonchev–Trinajstić information content (AvgIpc) is 2.70. The molecule has 1 N–H and O–H groups in total. The first-order valence-corrected chi connectivity index (χ1v) is 12.5. The Morgan fingerprint density at radius 1 is 0.806 bits per heavy atom. The Morgan fingerprint density at radius 3 is 1.58 bits per heavy atom. The van der Waals surface area contributed by atoms with Crippen LogP contribution in [0.5, 0.6) is 5.75 Å². The molecule has 0 saturated heterocycles. The van der Waals surface area contributed by atoms with Gasteiger partial charge in [-0.1, -0.05) is 102 Å². The van der Waals surface area contributed by atoms with E-state index < -0.39 is 5.97 Å². The summed E-state index contributed by atoms with van der Waals surface area (Å²) in [7, 11) is 6.88. The number of aryl methyl sites for hydroxylation is 1. The summed E-state index contributed by atoms with van der Waals surface area (Å²) < 4.78 is 1.12. The van der Waals surface area contributed by atoms with E-state index >= 15 is 0 Å². The summed E-state index contributed by atoms with van der Waals surface area (Å²) in [5.74, 6) is -1.30. The van der Waals surface area contributed by atoms with Gasteiger partial charge < -0.3 is 14.7 Å². The molecular weight excluding hydrogens is 386 g/mol. The molecule has 1 aromatic carbocycles. The molecule has 0 unspecified atom stereocenters. The highest BCUT2D eigenvalue weighted by Crippen LogP contribution is 2.14. The SMILES string of the molecule is CCCCCCCCCCCCCCCC[N+](C)(C)C.Cc1ccc(C(=O)O)cc1[O-]. The number of carbonyl (C=O) groups is 1. The van der Waals surface area contributed by atoms with Gasteiger partial charge in [-0.2, -0.15) is 0 Å². The van der Waals surface area contributed by atoms with Crippen LogP contribution in [0.15, 0.2) is 18.2 Å². The summed E-state index contributed by atoms with van der Waals surface area (Å²) in [5, 5.41) is 19.3. The number of nitrogens with zero attached hydrogens (tertiary/aromatic N) is 1. The first kappa shape index (κ1) is 29.5. The summed E-state index contributed by atoms with van der Waals surface area (Å²) in [6.07, 6.45) is 20.4. The van der Waals surface area contributed by atoms with E-state index in [2.05, 4.69) is 28.1 Å². The highest BCUT2D eigenvalue weighted by molar-refractivity contribution is 5.88. The molecule has 0 saturated carbocycles. The second kappa shape index (κ2) is 18.1. The number of hydrogen-bond acceptors (Lipinski definition) is 2. The molecule has 0 fully saturated rings. The molecule has 0 aromatic heterocycles. The second-order valence-electron chi connectivity index (χ2n) is 9.90. The number of carboxylic acid groups (broad SMARTS) is 1. The molecule has 0 aliphatic heterocycles. The third-order valence-corrected chi connectivity index (χ3v) is 5.62. The molecule has 180 valence electrons. The van der Waals surface area contributed by atoms with Crippen molar-refractivity contribution in [2.24, 2.45) is 0 Å². The molecule has 0 heterocycles. The van der Waals surface area contributed by atoms with E-state index in [9.17, 15) is 9.90 Å². The van der Waals surface area contributed by atoms with Crippen molar-refractivity contribution in [2.75, 3.05) is 27.7 Å². The molecule has 0 radical (unpaired) electrons. The van der Waals surface area contributed by atoms with Crippen molar-refractivity contribution in [3.8, 4) is 5.75 Å². The Labute approximate surface area is 192 Å². The monoisotopic (exact) mass is 435 g/mol. The van der Waals surface area contributed by atoms with Crippen molar-refractivity contribution >= 4 is 5.97 Å². The number of aromatic carboxylic acids is 1. The number of quaternary nitrogens is 1. The lowest BCUT2D eigenvalue weighted by molar-refractivity contribution is -0.870. The van der Waals surface area contributed by atoms with E-state index in [-0.39, 0.29) is 11.3 Å². The molecule has 0 amide bonds. The molecule has 0 atom stereocenters. The van der Waals surface area contributed by atoms with Gasteiger partial charge in [0.1, 0.15) is 0 Å². The normalized spacial score (nSPS) is 11.1. The summed E-state index contributed by atoms with van der Waals surface area (Å²) in [5.41, 5.74) is 0.607. The Hall–Kier alpha value is -1.55. The molecule has 31 heavy (non-hydrogen) atoms. The fraction of sp³-hybridized carbons (Fsp3) is 0.741. The quantitative estimate of drug-likeness (QED) is 0.226. The minimum absolute atomic E-state index is 0.0422. The number of benzene rings is 1. The van der Waals surface area contributed by atoms with Crippen LogP contribution in [0, 0.1) is 6.92 Å². The van der Waals surface area contributed by atoms with E-state index in [0.717, 1.165) is 10.5 Å². The molecule has 0 aliphatic rings. The van der Waals surface area contributed by atoms with E-state index in [1.165, 1.54) is 109 Å². The van der Waals surface area contributed by atoms with Crippen LogP contribution < -0.4 is 5.11 Å². The zero-order valence-electron chi connectivity index (χ0n) is 21.0. The van der Waals surface area contributed by atoms with Gasteiger partial charge in [0, 0.05) is 0 Å². The third-order valence-electron chi connectivity index (χ3n) is 5.62. The van der Waals surface area contributed by atoms with Gasteiger partial charge in [0.25, 0.3) is 0 Å². The Kier molecular flexibility index (Phi) is 17.2. The van der Waals surface area contributed by atoms with Gasteiger partial charge in [0.15, 0.2) is 0 Å². The predicted octanol–water partition coefficient (Wildman–Crippen LogP) is 6.94. The molecule has 4 heteroatoms. The zero-order valence-corrected chi connectivity index (χ0v) is 21.0. The van der Waals surface area contributed by atoms with Gasteiger partial charge in [-0.3, -0.25) is 0 Å². The maximum Gasteiger partial charge on any atom is 0.335 e. The maximum absolute atomic E-state index is 10.9. The van der Waals surface area contributed by atoms with Crippen LogP contribution in [0.1, 0.15) is 113 Å². The molecule has 1 aromatic rings. The Bertz CT molecular complexity index is 578. The number of unbranched alkanes of at least 4 members (excludes halogenated alkanes) is 13. The van der Waals surface area contributed by atoms with Crippen LogP contribution in [-0.4, -0.2) is 43.2 Å². The molecule has 0 bridgehead atoms. The van der Waals surface area contributed by atoms with E-state index in [4.69, 9.17) is 5.11 Å². The molecular formula is C27H49NO3. The maximum atomic E-state index is 10.9. The first-order valence-electron chi connectivity index (χ1n) is 12.5. The molecule has 1 rings (SSSR count). The number of carboxylic acids is 1. The highest BCUT2D eigenvalue weighted by atomic mass is 16.4. The topological polar surface area (TPSA) is 60.4 Å². The Morgan fingerprint density at radius 2 is 1.23 bits per heavy atom. The zero-order chi connectivity index (χ0) is 23.5. The van der Waals surface area contributed by atoms with Gasteiger partial charge in [0.05, 0.1) is 33.3 Å². The average molecular weight is 436 g/mol. The molecule has 4 nitrogen and oxygen atoms in total. The van der Waals surface area contributed by atoms with E-state index in [1.807, 2.05) is 0 Å². The second-order valence-corrected chi connectivity index (χ2v) is 9.90. The summed E-state index contributed by atoms with van der Waals surface area (Å²) >= 11 is 0. The highest BCUT2D eigenvalue weighted by Gasteiger charge is 2.05. The van der Waals surface area contributed by atoms with Crippen LogP contribution in [0.4, 0.5) is 0 Å². The summed E-state index contributed by atoms with van der Waals surface area (Å²) in [4.78, 5) is 10.3. The van der Waals surface area contributed by atoms with E-state index in [1.54, 1.807) is 6.92 Å². The molecule has 0 aliphatic carbocycles. The van der Waals surface area contributed by atoms with Crippen LogP contribution in [0.3, 0.4) is 0 Å². The third kappa shape index (κ3) is 18.9. The van der Waals surface area contributed by atoms with Crippen LogP contribution in [-0.2, 0) is 0 Å². The van der Waals surface area contributed by atoms with Gasteiger partial charge in [0.2, 0.25) is 0 Å². The van der Waals surface area contributed by atoms with Crippen molar-refractivity contribution in [3.63, 3.8) is 0 Å². The van der Waals surface area contributed by atoms with Gasteiger partial charge in [-0.25, -0.2) is 4.79 Å². The van der Waals surface area contributed by atoms with Crippen molar-refractivity contribution in [1.82, 2.24) is 0 Å². The van der Waals surface area contributed by atoms with Crippen molar-refractivity contribution in [2.45, 2.75) is 104 Å². The lowest BCUT2D eigenvalue weighted by Gasteiger charge is -2.23. The van der Waals surface area contributed by atoms with Crippen molar-refractivity contribution < 1.29 is 19.5 Å². The van der Waals surface area contributed by atoms with Crippen LogP contribution in [0.2, 0.25) is 0 Å². The first-order chi connectivity index (χ1) is 14.7. The molecule has 0 spiro atoms. The van der Waals surface area contributed by atoms with Crippen LogP contribution >= 0.6 is 0 Å². The number of hydrogen-bond donors (Lipinski definition) is 1. The standard InChI is InChI=1S/C19H42N.C8H8O3/c1-5-6-7-8-9-10-11-12-13-14-15-16-17-18-19-20(2,3)4;1-5-2-3-6(8(10)11)4-7(5)9/h5-19H2,1-4H3;2-4,9H,1H3,(H,10,11)/q+1;/p-1. The summed E-state index contributed by atoms with van der Waals surface area (Å²) in [6.45, 7) is 5.27. The predicted molar refractivity (Wildman–Crippen MR) is 131 cm³/mol. The van der Waals surface area contributed by atoms with Crippen molar-refractivity contribution in [1.29, 1.82) is 0 Å². The minimum Gasteiger partial charge on any atom is -0.872 e. The van der Waals surface area contributed by atoms with Crippen molar-refractivity contribution in [3.05, 3.63) is 29.3 Å². The minimum atomic E-state index is -1.07.